The van der Waals surface area contributed by atoms with Crippen LogP contribution in [-0.2, 0) is 4.74 Å². The van der Waals surface area contributed by atoms with Gasteiger partial charge in [-0.15, -0.1) is 6.42 Å². The zero-order valence-electron chi connectivity index (χ0n) is 31.8. The Morgan fingerprint density at radius 3 is 2.56 bits per heavy atom. The number of halogens is 3. The molecule has 4 atom stereocenters. The van der Waals surface area contributed by atoms with Crippen LogP contribution in [0.4, 0.5) is 23.8 Å². The van der Waals surface area contributed by atoms with E-state index in [2.05, 4.69) is 15.7 Å². The Morgan fingerprint density at radius 1 is 1.07 bits per heavy atom. The van der Waals surface area contributed by atoms with Gasteiger partial charge >= 0.3 is 12.1 Å². The van der Waals surface area contributed by atoms with Gasteiger partial charge in [0, 0.05) is 36.8 Å². The highest BCUT2D eigenvalue weighted by Gasteiger charge is 2.50. The number of ether oxygens (including phenoxy) is 2. The molecule has 9 rings (SSSR count). The summed E-state index contributed by atoms with van der Waals surface area (Å²) in [5.74, 6) is 2.21. The fourth-order valence-corrected chi connectivity index (χ4v) is 9.74. The number of hydrogen-bond acceptors (Lipinski definition) is 8. The van der Waals surface area contributed by atoms with Gasteiger partial charge in [0.05, 0.1) is 34.1 Å². The average molecular weight is 752 g/mol. The van der Waals surface area contributed by atoms with Crippen molar-refractivity contribution in [3.8, 4) is 29.5 Å². The molecule has 0 spiro atoms. The standard InChI is InChI=1S/C43H44F3N5O4/c1-7-29-32(45)12-9-25-15-23(2)16-30(33(25)29)34-36(46)37-35(31-17-24(3)54-38(31)34)39(48-40(47-37)53-22-43-13-8-14-50(43)19-26(44)18-43)49-20-27-10-11-28(21-49)51(27)41(52)55-42(4,5)6/h1,9,12,15-17,26-28H,8,10-11,13-14,18-22H2,2-6H3/t26-,27-,28+,43+/m1/s1. The van der Waals surface area contributed by atoms with Gasteiger partial charge in [0.15, 0.2) is 5.82 Å². The summed E-state index contributed by atoms with van der Waals surface area (Å²) in [5, 5.41) is 2.08. The third kappa shape index (κ3) is 5.85. The van der Waals surface area contributed by atoms with Crippen LogP contribution < -0.4 is 9.64 Å². The lowest BCUT2D eigenvalue weighted by molar-refractivity contribution is 0.0122. The Bertz CT molecular complexity index is 2440. The predicted molar refractivity (Wildman–Crippen MR) is 205 cm³/mol. The molecule has 0 radical (unpaired) electrons. The number of aromatic nitrogens is 2. The van der Waals surface area contributed by atoms with Crippen LogP contribution >= 0.6 is 0 Å². The summed E-state index contributed by atoms with van der Waals surface area (Å²) in [5.41, 5.74) is 0.473. The van der Waals surface area contributed by atoms with E-state index in [-0.39, 0.29) is 53.0 Å². The summed E-state index contributed by atoms with van der Waals surface area (Å²) in [6.45, 7) is 11.4. The molecule has 286 valence electrons. The van der Waals surface area contributed by atoms with Gasteiger partial charge in [-0.1, -0.05) is 24.1 Å². The first-order valence-corrected chi connectivity index (χ1v) is 19.1. The lowest BCUT2D eigenvalue weighted by Gasteiger charge is -2.42. The molecule has 3 aromatic carbocycles. The quantitative estimate of drug-likeness (QED) is 0.165. The van der Waals surface area contributed by atoms with E-state index < -0.39 is 28.9 Å². The van der Waals surface area contributed by atoms with Gasteiger partial charge in [0.25, 0.3) is 0 Å². The minimum atomic E-state index is -0.951. The molecular weight excluding hydrogens is 707 g/mol. The molecule has 4 aliphatic heterocycles. The van der Waals surface area contributed by atoms with Crippen molar-refractivity contribution in [3.05, 3.63) is 58.9 Å². The number of piperazine rings is 1. The SMILES string of the molecule is C#Cc1c(F)ccc2cc(C)cc(-c3c(F)c4nc(OC[C@@]56CCCN5C[C@H](F)C6)nc(N5C[C@H]6CC[C@@H](C5)N6C(=O)OC(C)(C)C)c4c4cc(C)oc34)c12. The molecule has 4 aliphatic rings. The molecule has 9 nitrogen and oxygen atoms in total. The fraction of sp³-hybridized carbons (Fsp3) is 0.465. The van der Waals surface area contributed by atoms with Gasteiger partial charge in [-0.05, 0) is 95.5 Å². The first kappa shape index (κ1) is 35.7. The molecule has 4 saturated heterocycles. The number of aryl methyl sites for hydroxylation is 2. The van der Waals surface area contributed by atoms with E-state index in [4.69, 9.17) is 30.3 Å². The number of alkyl halides is 1. The summed E-state index contributed by atoms with van der Waals surface area (Å²) in [4.78, 5) is 29.3. The van der Waals surface area contributed by atoms with Crippen molar-refractivity contribution in [2.24, 2.45) is 0 Å². The number of rotatable bonds is 5. The molecule has 12 heteroatoms. The number of terminal acetylenes is 1. The molecule has 4 fully saturated rings. The lowest BCUT2D eigenvalue weighted by atomic mass is 9.90. The van der Waals surface area contributed by atoms with E-state index in [0.29, 0.717) is 64.7 Å². The van der Waals surface area contributed by atoms with Gasteiger partial charge in [-0.2, -0.15) is 9.97 Å². The van der Waals surface area contributed by atoms with E-state index in [0.717, 1.165) is 37.8 Å². The minimum Gasteiger partial charge on any atom is -0.461 e. The molecule has 0 N–H and O–H groups in total. The fourth-order valence-electron chi connectivity index (χ4n) is 9.74. The first-order chi connectivity index (χ1) is 26.2. The van der Waals surface area contributed by atoms with E-state index in [1.807, 2.05) is 44.7 Å². The van der Waals surface area contributed by atoms with Crippen molar-refractivity contribution >= 4 is 44.6 Å². The van der Waals surface area contributed by atoms with E-state index in [1.165, 1.54) is 6.07 Å². The normalized spacial score (nSPS) is 23.9. The Labute approximate surface area is 317 Å². The second-order valence-electron chi connectivity index (χ2n) is 16.9. The number of amides is 1. The number of hydrogen-bond donors (Lipinski definition) is 0. The van der Waals surface area contributed by atoms with Crippen LogP contribution in [0.1, 0.15) is 69.8 Å². The summed E-state index contributed by atoms with van der Waals surface area (Å²) in [6, 6.07) is 8.14. The van der Waals surface area contributed by atoms with Crippen molar-refractivity contribution < 1.29 is 31.9 Å². The second kappa shape index (κ2) is 12.8. The zero-order valence-corrected chi connectivity index (χ0v) is 31.8. The van der Waals surface area contributed by atoms with Crippen LogP contribution in [0.25, 0.3) is 43.8 Å². The summed E-state index contributed by atoms with van der Waals surface area (Å²) < 4.78 is 66.4. The molecule has 2 bridgehead atoms. The van der Waals surface area contributed by atoms with Crippen molar-refractivity contribution in [2.45, 2.75) is 96.1 Å². The van der Waals surface area contributed by atoms with Gasteiger partial charge in [-0.3, -0.25) is 9.80 Å². The van der Waals surface area contributed by atoms with Crippen LogP contribution in [0, 0.1) is 37.8 Å². The van der Waals surface area contributed by atoms with Gasteiger partial charge in [0.2, 0.25) is 0 Å². The monoisotopic (exact) mass is 751 g/mol. The Hall–Kier alpha value is -5.02. The average Bonchev–Trinajstić information content (AvgIpc) is 3.85. The summed E-state index contributed by atoms with van der Waals surface area (Å²) >= 11 is 0. The van der Waals surface area contributed by atoms with E-state index in [9.17, 15) is 9.18 Å². The van der Waals surface area contributed by atoms with Gasteiger partial charge in [-0.25, -0.2) is 18.0 Å². The van der Waals surface area contributed by atoms with Crippen molar-refractivity contribution in [2.75, 3.05) is 37.7 Å². The third-order valence-electron chi connectivity index (χ3n) is 11.9. The minimum absolute atomic E-state index is 0.00843. The molecule has 55 heavy (non-hydrogen) atoms. The Kier molecular flexibility index (Phi) is 8.28. The summed E-state index contributed by atoms with van der Waals surface area (Å²) in [7, 11) is 0. The summed E-state index contributed by atoms with van der Waals surface area (Å²) in [6.07, 6.45) is 8.21. The maximum Gasteiger partial charge on any atom is 0.410 e. The highest BCUT2D eigenvalue weighted by atomic mass is 19.1. The number of nitrogens with zero attached hydrogens (tertiary/aromatic N) is 5. The maximum absolute atomic E-state index is 17.8. The molecule has 0 saturated carbocycles. The predicted octanol–water partition coefficient (Wildman–Crippen LogP) is 8.62. The molecule has 0 aliphatic carbocycles. The van der Waals surface area contributed by atoms with Crippen LogP contribution in [0.5, 0.6) is 6.01 Å². The third-order valence-corrected chi connectivity index (χ3v) is 11.9. The van der Waals surface area contributed by atoms with Crippen LogP contribution in [0.3, 0.4) is 0 Å². The lowest BCUT2D eigenvalue weighted by Crippen LogP contribution is -2.57. The molecule has 0 unspecified atom stereocenters. The molecular formula is C43H44F3N5O4. The van der Waals surface area contributed by atoms with Gasteiger partial charge in [0.1, 0.15) is 46.9 Å². The van der Waals surface area contributed by atoms with Gasteiger partial charge < -0.3 is 18.8 Å². The van der Waals surface area contributed by atoms with E-state index >= 15 is 8.78 Å². The van der Waals surface area contributed by atoms with Crippen LogP contribution in [0.2, 0.25) is 0 Å². The Morgan fingerprint density at radius 2 is 1.84 bits per heavy atom. The number of benzene rings is 3. The highest BCUT2D eigenvalue weighted by molar-refractivity contribution is 6.18. The van der Waals surface area contributed by atoms with Crippen molar-refractivity contribution in [3.63, 3.8) is 0 Å². The number of anilines is 1. The molecule has 6 heterocycles. The van der Waals surface area contributed by atoms with Crippen LogP contribution in [0.15, 0.2) is 34.7 Å². The molecule has 1 amide bonds. The van der Waals surface area contributed by atoms with Crippen molar-refractivity contribution in [1.29, 1.82) is 0 Å². The highest BCUT2D eigenvalue weighted by Crippen LogP contribution is 2.47. The Balaban J connectivity index is 1.24. The molecule has 2 aromatic heterocycles. The largest absolute Gasteiger partial charge is 0.461 e. The van der Waals surface area contributed by atoms with Crippen LogP contribution in [-0.4, -0.2) is 88.0 Å². The molecule has 5 aromatic rings. The topological polar surface area (TPSA) is 84.2 Å². The zero-order chi connectivity index (χ0) is 38.6. The number of furan rings is 1. The first-order valence-electron chi connectivity index (χ1n) is 19.1. The smallest absolute Gasteiger partial charge is 0.410 e. The number of carbonyl (C=O) groups is 1. The van der Waals surface area contributed by atoms with E-state index in [1.54, 1.807) is 19.1 Å². The maximum atomic E-state index is 17.8. The number of fused-ring (bicyclic) bond motifs is 7. The van der Waals surface area contributed by atoms with Crippen molar-refractivity contribution in [1.82, 2.24) is 19.8 Å². The number of carbonyl (C=O) groups excluding carboxylic acids is 1. The second-order valence-corrected chi connectivity index (χ2v) is 16.9.